The zero-order valence-corrected chi connectivity index (χ0v) is 18.0. The van der Waals surface area contributed by atoms with Crippen molar-refractivity contribution in [3.05, 3.63) is 101 Å². The maximum atomic E-state index is 13.0. The molecule has 0 atom stereocenters. The number of hydrazone groups is 1. The molecule has 0 saturated heterocycles. The maximum Gasteiger partial charge on any atom is 0.357 e. The second-order valence-electron chi connectivity index (χ2n) is 8.16. The van der Waals surface area contributed by atoms with Gasteiger partial charge in [-0.25, -0.2) is 4.79 Å². The van der Waals surface area contributed by atoms with Crippen molar-refractivity contribution in [2.24, 2.45) is 5.10 Å². The lowest BCUT2D eigenvalue weighted by Gasteiger charge is -2.31. The Balaban J connectivity index is 1.45. The first-order valence-electron chi connectivity index (χ1n) is 11.0. The van der Waals surface area contributed by atoms with Gasteiger partial charge < -0.3 is 10.0 Å². The summed E-state index contributed by atoms with van der Waals surface area (Å²) in [4.78, 5) is 27.2. The average molecular weight is 437 g/mol. The Morgan fingerprint density at radius 3 is 2.45 bits per heavy atom. The number of carboxylic acid groups (broad SMARTS) is 1. The number of carbonyl (C=O) groups is 2. The van der Waals surface area contributed by atoms with Gasteiger partial charge in [0.2, 0.25) is 0 Å². The molecule has 164 valence electrons. The van der Waals surface area contributed by atoms with E-state index in [-0.39, 0.29) is 11.3 Å². The Kier molecular flexibility index (Phi) is 5.48. The van der Waals surface area contributed by atoms with Gasteiger partial charge in [-0.2, -0.15) is 10.1 Å². The smallest absolute Gasteiger partial charge is 0.357 e. The van der Waals surface area contributed by atoms with Crippen molar-refractivity contribution in [1.29, 1.82) is 0 Å². The molecule has 0 saturated carbocycles. The number of benzene rings is 3. The number of anilines is 2. The molecule has 1 N–H and O–H groups in total. The van der Waals surface area contributed by atoms with Gasteiger partial charge in [0.15, 0.2) is 5.71 Å². The van der Waals surface area contributed by atoms with E-state index in [1.807, 2.05) is 18.2 Å². The lowest BCUT2D eigenvalue weighted by molar-refractivity contribution is -0.129. The molecule has 3 aromatic rings. The number of aliphatic carboxylic acids is 1. The Labute approximate surface area is 192 Å². The first-order valence-corrected chi connectivity index (χ1v) is 11.0. The molecule has 5 rings (SSSR count). The van der Waals surface area contributed by atoms with Crippen molar-refractivity contribution in [2.75, 3.05) is 16.5 Å². The third-order valence-electron chi connectivity index (χ3n) is 5.93. The number of fused-ring (bicyclic) bond motifs is 1. The number of carboxylic acids is 1. The van der Waals surface area contributed by atoms with E-state index in [1.54, 1.807) is 30.3 Å². The molecule has 0 bridgehead atoms. The molecule has 0 fully saturated rings. The second-order valence-corrected chi connectivity index (χ2v) is 8.16. The van der Waals surface area contributed by atoms with Gasteiger partial charge in [0.1, 0.15) is 0 Å². The molecule has 2 aliphatic rings. The van der Waals surface area contributed by atoms with Gasteiger partial charge in [-0.05, 0) is 59.9 Å². The van der Waals surface area contributed by atoms with Gasteiger partial charge in [0, 0.05) is 18.8 Å². The topological polar surface area (TPSA) is 73.2 Å². The number of carbonyl (C=O) groups excluding carboxylic acids is 1. The molecule has 6 nitrogen and oxygen atoms in total. The summed E-state index contributed by atoms with van der Waals surface area (Å²) in [7, 11) is 0. The Morgan fingerprint density at radius 2 is 1.73 bits per heavy atom. The van der Waals surface area contributed by atoms with E-state index in [1.165, 1.54) is 16.8 Å². The van der Waals surface area contributed by atoms with Crippen LogP contribution in [0.5, 0.6) is 0 Å². The summed E-state index contributed by atoms with van der Waals surface area (Å²) in [5.41, 5.74) is 4.81. The van der Waals surface area contributed by atoms with Crippen LogP contribution in [-0.2, 0) is 22.6 Å². The lowest BCUT2D eigenvalue weighted by Crippen LogP contribution is -2.28. The highest BCUT2D eigenvalue weighted by molar-refractivity contribution is 6.53. The summed E-state index contributed by atoms with van der Waals surface area (Å²) in [6.45, 7) is 1.83. The third kappa shape index (κ3) is 4.15. The maximum absolute atomic E-state index is 13.0. The molecule has 3 aromatic carbocycles. The molecule has 2 heterocycles. The number of nitrogens with zero attached hydrogens (tertiary/aromatic N) is 3. The van der Waals surface area contributed by atoms with Crippen LogP contribution in [0.1, 0.15) is 23.1 Å². The molecular formula is C27H23N3O3. The quantitative estimate of drug-likeness (QED) is 0.596. The van der Waals surface area contributed by atoms with Crippen molar-refractivity contribution >= 4 is 35.0 Å². The SMILES string of the molecule is O=C(O)C1=NN(c2ccccc2)C(=O)C1=Cc1ccc2c(c1)CCCN2Cc1ccccc1. The minimum Gasteiger partial charge on any atom is -0.476 e. The molecule has 0 aromatic heterocycles. The van der Waals surface area contributed by atoms with Crippen LogP contribution in [0, 0.1) is 0 Å². The van der Waals surface area contributed by atoms with E-state index in [2.05, 4.69) is 46.4 Å². The summed E-state index contributed by atoms with van der Waals surface area (Å²) in [5.74, 6) is -1.66. The van der Waals surface area contributed by atoms with Crippen LogP contribution in [-0.4, -0.2) is 29.2 Å². The molecule has 0 radical (unpaired) electrons. The van der Waals surface area contributed by atoms with Crippen molar-refractivity contribution in [1.82, 2.24) is 0 Å². The lowest BCUT2D eigenvalue weighted by atomic mass is 9.97. The first kappa shape index (κ1) is 20.7. The van der Waals surface area contributed by atoms with Crippen molar-refractivity contribution < 1.29 is 14.7 Å². The predicted octanol–water partition coefficient (Wildman–Crippen LogP) is 4.51. The molecule has 0 aliphatic carbocycles. The first-order chi connectivity index (χ1) is 16.1. The summed E-state index contributed by atoms with van der Waals surface area (Å²) < 4.78 is 0. The molecule has 2 aliphatic heterocycles. The number of aryl methyl sites for hydroxylation is 1. The van der Waals surface area contributed by atoms with E-state index in [4.69, 9.17) is 0 Å². The minimum absolute atomic E-state index is 0.0863. The highest BCUT2D eigenvalue weighted by atomic mass is 16.4. The summed E-state index contributed by atoms with van der Waals surface area (Å²) in [5, 5.41) is 14.9. The fourth-order valence-electron chi connectivity index (χ4n) is 4.37. The average Bonchev–Trinajstić information content (AvgIpc) is 3.16. The molecular weight excluding hydrogens is 414 g/mol. The van der Waals surface area contributed by atoms with Crippen LogP contribution >= 0.6 is 0 Å². The monoisotopic (exact) mass is 437 g/mol. The minimum atomic E-state index is -1.22. The van der Waals surface area contributed by atoms with Crippen LogP contribution in [0.25, 0.3) is 6.08 Å². The Morgan fingerprint density at radius 1 is 1.00 bits per heavy atom. The zero-order valence-electron chi connectivity index (χ0n) is 18.0. The fourth-order valence-corrected chi connectivity index (χ4v) is 4.37. The largest absolute Gasteiger partial charge is 0.476 e. The summed E-state index contributed by atoms with van der Waals surface area (Å²) in [6, 6.07) is 25.3. The van der Waals surface area contributed by atoms with Gasteiger partial charge >= 0.3 is 5.97 Å². The highest BCUT2D eigenvalue weighted by Gasteiger charge is 2.35. The van der Waals surface area contributed by atoms with Crippen LogP contribution in [0.4, 0.5) is 11.4 Å². The van der Waals surface area contributed by atoms with E-state index >= 15 is 0 Å². The van der Waals surface area contributed by atoms with Crippen LogP contribution in [0.2, 0.25) is 0 Å². The number of hydrogen-bond donors (Lipinski definition) is 1. The van der Waals surface area contributed by atoms with Crippen molar-refractivity contribution in [3.63, 3.8) is 0 Å². The third-order valence-corrected chi connectivity index (χ3v) is 5.93. The van der Waals surface area contributed by atoms with Gasteiger partial charge in [0.05, 0.1) is 11.3 Å². The number of amides is 1. The predicted molar refractivity (Wildman–Crippen MR) is 129 cm³/mol. The highest BCUT2D eigenvalue weighted by Crippen LogP contribution is 2.31. The van der Waals surface area contributed by atoms with E-state index in [0.717, 1.165) is 36.5 Å². The number of hydrogen-bond acceptors (Lipinski definition) is 4. The van der Waals surface area contributed by atoms with Gasteiger partial charge in [-0.3, -0.25) is 4.79 Å². The van der Waals surface area contributed by atoms with Crippen LogP contribution < -0.4 is 9.91 Å². The molecule has 0 spiro atoms. The summed E-state index contributed by atoms with van der Waals surface area (Å²) >= 11 is 0. The van der Waals surface area contributed by atoms with E-state index < -0.39 is 11.9 Å². The van der Waals surface area contributed by atoms with Crippen molar-refractivity contribution in [3.8, 4) is 0 Å². The van der Waals surface area contributed by atoms with Gasteiger partial charge in [-0.1, -0.05) is 54.6 Å². The summed E-state index contributed by atoms with van der Waals surface area (Å²) in [6.07, 6.45) is 3.62. The fraction of sp³-hybridized carbons (Fsp3) is 0.148. The standard InChI is InChI=1S/C27H23N3O3/c31-26-23(25(27(32)33)28-30(26)22-11-5-2-6-12-22)17-20-13-14-24-21(16-20)10-7-15-29(24)18-19-8-3-1-4-9-19/h1-6,8-9,11-14,16-17H,7,10,15,18H2,(H,32,33). The van der Waals surface area contributed by atoms with Crippen LogP contribution in [0.3, 0.4) is 0 Å². The van der Waals surface area contributed by atoms with Gasteiger partial charge in [-0.15, -0.1) is 0 Å². The molecule has 33 heavy (non-hydrogen) atoms. The molecule has 1 amide bonds. The molecule has 0 unspecified atom stereocenters. The van der Waals surface area contributed by atoms with Crippen LogP contribution in [0.15, 0.2) is 89.5 Å². The molecule has 6 heteroatoms. The van der Waals surface area contributed by atoms with Gasteiger partial charge in [0.25, 0.3) is 5.91 Å². The van der Waals surface area contributed by atoms with E-state index in [0.29, 0.717) is 5.69 Å². The Hall–Kier alpha value is -4.19. The van der Waals surface area contributed by atoms with Crippen molar-refractivity contribution in [2.45, 2.75) is 19.4 Å². The Bertz CT molecular complexity index is 1270. The van der Waals surface area contributed by atoms with E-state index in [9.17, 15) is 14.7 Å². The normalized spacial score (nSPS) is 16.7. The number of rotatable bonds is 5. The zero-order chi connectivity index (χ0) is 22.8. The second kappa shape index (κ2) is 8.74. The number of para-hydroxylation sites is 1.